The Morgan fingerprint density at radius 2 is 1.81 bits per heavy atom. The molecule has 7 heteroatoms. The van der Waals surface area contributed by atoms with Gasteiger partial charge in [0.05, 0.1) is 6.42 Å². The summed E-state index contributed by atoms with van der Waals surface area (Å²) in [4.78, 5) is 31.2. The molecule has 0 radical (unpaired) electrons. The molecule has 3 rings (SSSR count). The first-order valence-electron chi connectivity index (χ1n) is 10.3. The minimum absolute atomic E-state index is 0.0272. The molecule has 2 saturated carbocycles. The summed E-state index contributed by atoms with van der Waals surface area (Å²) < 4.78 is 0. The third-order valence-corrected chi connectivity index (χ3v) is 6.91. The Hall–Kier alpha value is -1.63. The zero-order valence-corrected chi connectivity index (χ0v) is 17.0. The quantitative estimate of drug-likeness (QED) is 0.720. The molecule has 2 aliphatic rings. The molecule has 0 spiro atoms. The van der Waals surface area contributed by atoms with Crippen LogP contribution in [0.4, 0.5) is 9.93 Å². The van der Waals surface area contributed by atoms with Crippen LogP contribution in [0.15, 0.2) is 6.20 Å². The molecule has 0 aromatic carbocycles. The second-order valence-corrected chi connectivity index (χ2v) is 9.18. The van der Waals surface area contributed by atoms with Gasteiger partial charge < -0.3 is 10.0 Å². The minimum Gasteiger partial charge on any atom is -0.481 e. The van der Waals surface area contributed by atoms with Crippen LogP contribution in [0.5, 0.6) is 0 Å². The van der Waals surface area contributed by atoms with E-state index in [-0.39, 0.29) is 12.5 Å². The molecule has 0 atom stereocenters. The van der Waals surface area contributed by atoms with Crippen molar-refractivity contribution in [2.45, 2.75) is 89.6 Å². The number of hydrogen-bond acceptors (Lipinski definition) is 4. The molecule has 6 nitrogen and oxygen atoms in total. The average molecular weight is 394 g/mol. The lowest BCUT2D eigenvalue weighted by atomic mass is 9.84. The highest BCUT2D eigenvalue weighted by Crippen LogP contribution is 2.33. The predicted octanol–water partition coefficient (Wildman–Crippen LogP) is 4.91. The Kier molecular flexibility index (Phi) is 7.10. The summed E-state index contributed by atoms with van der Waals surface area (Å²) in [6.45, 7) is 2.30. The number of aromatic nitrogens is 1. The molecule has 1 aromatic rings. The summed E-state index contributed by atoms with van der Waals surface area (Å²) in [6.07, 6.45) is 12.7. The van der Waals surface area contributed by atoms with Gasteiger partial charge in [0.25, 0.3) is 0 Å². The van der Waals surface area contributed by atoms with Gasteiger partial charge in [-0.15, -0.1) is 11.3 Å². The van der Waals surface area contributed by atoms with Crippen LogP contribution in [0.1, 0.15) is 76.0 Å². The van der Waals surface area contributed by atoms with Crippen molar-refractivity contribution in [3.05, 3.63) is 11.1 Å². The highest BCUT2D eigenvalue weighted by molar-refractivity contribution is 7.15. The number of nitrogens with zero attached hydrogens (tertiary/aromatic N) is 2. The smallest absolute Gasteiger partial charge is 0.324 e. The Balaban J connectivity index is 1.66. The number of nitrogens with one attached hydrogen (secondary N) is 1. The number of amides is 2. The topological polar surface area (TPSA) is 82.5 Å². The fraction of sp³-hybridized carbons (Fsp3) is 0.750. The van der Waals surface area contributed by atoms with Gasteiger partial charge in [-0.05, 0) is 50.9 Å². The molecular weight excluding hydrogens is 362 g/mol. The van der Waals surface area contributed by atoms with Gasteiger partial charge in [-0.1, -0.05) is 26.2 Å². The zero-order chi connectivity index (χ0) is 19.2. The Morgan fingerprint density at radius 3 is 2.48 bits per heavy atom. The number of hydrogen-bond donors (Lipinski definition) is 2. The van der Waals surface area contributed by atoms with E-state index in [0.29, 0.717) is 23.6 Å². The SMILES string of the molecule is C[C@H]1CC[C@H](N(C(=O)Nc2ncc(CCC(=O)O)s2)C2CCCCC2)CC1. The van der Waals surface area contributed by atoms with Crippen molar-refractivity contribution in [1.29, 1.82) is 0 Å². The Labute approximate surface area is 165 Å². The maximum Gasteiger partial charge on any atom is 0.324 e. The van der Waals surface area contributed by atoms with E-state index >= 15 is 0 Å². The molecule has 0 bridgehead atoms. The molecule has 1 heterocycles. The largest absolute Gasteiger partial charge is 0.481 e. The van der Waals surface area contributed by atoms with Gasteiger partial charge in [-0.2, -0.15) is 0 Å². The van der Waals surface area contributed by atoms with Gasteiger partial charge in [0, 0.05) is 23.2 Å². The minimum atomic E-state index is -0.816. The monoisotopic (exact) mass is 393 g/mol. The van der Waals surface area contributed by atoms with Gasteiger partial charge >= 0.3 is 12.0 Å². The van der Waals surface area contributed by atoms with Crippen molar-refractivity contribution >= 4 is 28.5 Å². The molecule has 27 heavy (non-hydrogen) atoms. The Morgan fingerprint density at radius 1 is 1.15 bits per heavy atom. The summed E-state index contributed by atoms with van der Waals surface area (Å²) in [7, 11) is 0. The van der Waals surface area contributed by atoms with Crippen LogP contribution in [0.3, 0.4) is 0 Å². The lowest BCUT2D eigenvalue weighted by Crippen LogP contribution is -2.51. The number of aryl methyl sites for hydroxylation is 1. The number of carbonyl (C=O) groups is 2. The van der Waals surface area contributed by atoms with Gasteiger partial charge in [0.2, 0.25) is 0 Å². The molecule has 0 unspecified atom stereocenters. The third kappa shape index (κ3) is 5.67. The van der Waals surface area contributed by atoms with E-state index in [9.17, 15) is 9.59 Å². The highest BCUT2D eigenvalue weighted by atomic mass is 32.1. The molecule has 150 valence electrons. The molecule has 0 saturated heterocycles. The van der Waals surface area contributed by atoms with Crippen LogP contribution < -0.4 is 5.32 Å². The molecule has 2 amide bonds. The number of anilines is 1. The van der Waals surface area contributed by atoms with Crippen LogP contribution in [0, 0.1) is 5.92 Å². The number of urea groups is 1. The van der Waals surface area contributed by atoms with Crippen LogP contribution in [-0.2, 0) is 11.2 Å². The number of carboxylic acid groups (broad SMARTS) is 1. The highest BCUT2D eigenvalue weighted by Gasteiger charge is 2.33. The van der Waals surface area contributed by atoms with E-state index in [1.54, 1.807) is 6.20 Å². The van der Waals surface area contributed by atoms with Crippen molar-refractivity contribution in [2.75, 3.05) is 5.32 Å². The lowest BCUT2D eigenvalue weighted by Gasteiger charge is -2.42. The number of carbonyl (C=O) groups excluding carboxylic acids is 1. The number of carboxylic acids is 1. The summed E-state index contributed by atoms with van der Waals surface area (Å²) >= 11 is 1.38. The van der Waals surface area contributed by atoms with Crippen molar-refractivity contribution in [3.63, 3.8) is 0 Å². The summed E-state index contributed by atoms with van der Waals surface area (Å²) in [5.41, 5.74) is 0. The maximum atomic E-state index is 13.2. The standard InChI is InChI=1S/C20H31N3O3S/c1-14-7-9-16(10-8-14)23(15-5-3-2-4-6-15)20(26)22-19-21-13-17(27-19)11-12-18(24)25/h13-16H,2-12H2,1H3,(H,24,25)(H,21,22,26)/t14-,16-. The fourth-order valence-electron chi connectivity index (χ4n) is 4.38. The molecule has 2 fully saturated rings. The second-order valence-electron chi connectivity index (χ2n) is 8.07. The van der Waals surface area contributed by atoms with Crippen LogP contribution in [0.2, 0.25) is 0 Å². The van der Waals surface area contributed by atoms with Crippen LogP contribution in [-0.4, -0.2) is 39.1 Å². The summed E-state index contributed by atoms with van der Waals surface area (Å²) in [5, 5.41) is 12.4. The second kappa shape index (κ2) is 9.53. The van der Waals surface area contributed by atoms with E-state index in [1.165, 1.54) is 43.4 Å². The average Bonchev–Trinajstić information content (AvgIpc) is 3.10. The van der Waals surface area contributed by atoms with Gasteiger partial charge in [0.1, 0.15) is 0 Å². The first kappa shape index (κ1) is 20.1. The normalized spacial score (nSPS) is 23.7. The van der Waals surface area contributed by atoms with Crippen molar-refractivity contribution < 1.29 is 14.7 Å². The van der Waals surface area contributed by atoms with Gasteiger partial charge in [0.15, 0.2) is 5.13 Å². The van der Waals surface area contributed by atoms with Gasteiger partial charge in [-0.3, -0.25) is 10.1 Å². The van der Waals surface area contributed by atoms with E-state index in [0.717, 1.165) is 36.5 Å². The van der Waals surface area contributed by atoms with E-state index < -0.39 is 5.97 Å². The number of rotatable bonds is 6. The van der Waals surface area contributed by atoms with E-state index in [1.807, 2.05) is 0 Å². The molecule has 2 aliphatic carbocycles. The molecule has 1 aromatic heterocycles. The van der Waals surface area contributed by atoms with Crippen LogP contribution >= 0.6 is 11.3 Å². The molecule has 0 aliphatic heterocycles. The number of thiazole rings is 1. The van der Waals surface area contributed by atoms with Gasteiger partial charge in [-0.25, -0.2) is 9.78 Å². The maximum absolute atomic E-state index is 13.2. The third-order valence-electron chi connectivity index (χ3n) is 5.93. The van der Waals surface area contributed by atoms with E-state index in [2.05, 4.69) is 22.1 Å². The summed E-state index contributed by atoms with van der Waals surface area (Å²) in [6, 6.07) is 0.639. The molecular formula is C20H31N3O3S. The number of aliphatic carboxylic acids is 1. The predicted molar refractivity (Wildman–Crippen MR) is 107 cm³/mol. The first-order chi connectivity index (χ1) is 13.0. The first-order valence-corrected chi connectivity index (χ1v) is 11.1. The molecule has 2 N–H and O–H groups in total. The van der Waals surface area contributed by atoms with Crippen LogP contribution in [0.25, 0.3) is 0 Å². The fourth-order valence-corrected chi connectivity index (χ4v) is 5.18. The Bertz CT molecular complexity index is 634. The van der Waals surface area contributed by atoms with Crippen molar-refractivity contribution in [3.8, 4) is 0 Å². The van der Waals surface area contributed by atoms with Crippen molar-refractivity contribution in [2.24, 2.45) is 5.92 Å². The summed E-state index contributed by atoms with van der Waals surface area (Å²) in [5.74, 6) is -0.0581. The lowest BCUT2D eigenvalue weighted by molar-refractivity contribution is -0.136. The van der Waals surface area contributed by atoms with Crippen molar-refractivity contribution in [1.82, 2.24) is 9.88 Å². The van der Waals surface area contributed by atoms with E-state index in [4.69, 9.17) is 5.11 Å². The zero-order valence-electron chi connectivity index (χ0n) is 16.2.